The highest BCUT2D eigenvalue weighted by atomic mass is 16.2. The number of hydrogen-bond donors (Lipinski definition) is 0. The molecule has 1 unspecified atom stereocenters. The van der Waals surface area contributed by atoms with Crippen molar-refractivity contribution in [2.75, 3.05) is 7.05 Å². The van der Waals surface area contributed by atoms with Gasteiger partial charge in [-0.15, -0.1) is 0 Å². The molecule has 1 saturated carbocycles. The minimum atomic E-state index is -0.0438. The third-order valence-corrected chi connectivity index (χ3v) is 3.90. The fourth-order valence-corrected chi connectivity index (χ4v) is 2.32. The van der Waals surface area contributed by atoms with Gasteiger partial charge in [-0.05, 0) is 37.8 Å². The van der Waals surface area contributed by atoms with Crippen LogP contribution >= 0.6 is 0 Å². The first-order valence-corrected chi connectivity index (χ1v) is 6.66. The summed E-state index contributed by atoms with van der Waals surface area (Å²) >= 11 is 0. The molecule has 2 aromatic rings. The van der Waals surface area contributed by atoms with Gasteiger partial charge in [-0.1, -0.05) is 12.1 Å². The van der Waals surface area contributed by atoms with Crippen LogP contribution in [-0.2, 0) is 0 Å². The van der Waals surface area contributed by atoms with Crippen LogP contribution in [-0.4, -0.2) is 33.9 Å². The molecule has 1 heterocycles. The quantitative estimate of drug-likeness (QED) is 0.846. The Morgan fingerprint density at radius 2 is 2.00 bits per heavy atom. The fraction of sp³-hybridized carbons (Fsp3) is 0.400. The summed E-state index contributed by atoms with van der Waals surface area (Å²) in [6, 6.07) is 7.87. The Kier molecular flexibility index (Phi) is 2.93. The second kappa shape index (κ2) is 4.61. The van der Waals surface area contributed by atoms with Gasteiger partial charge in [0, 0.05) is 13.1 Å². The van der Waals surface area contributed by atoms with Crippen molar-refractivity contribution in [3.8, 4) is 0 Å². The normalized spacial score (nSPS) is 16.3. The number of amides is 1. The minimum absolute atomic E-state index is 0.0438. The van der Waals surface area contributed by atoms with Gasteiger partial charge in [0.25, 0.3) is 5.91 Å². The minimum Gasteiger partial charge on any atom is -0.337 e. The monoisotopic (exact) mass is 255 g/mol. The number of nitrogens with zero attached hydrogens (tertiary/aromatic N) is 3. The van der Waals surface area contributed by atoms with Gasteiger partial charge < -0.3 is 4.90 Å². The second-order valence-electron chi connectivity index (χ2n) is 5.24. The van der Waals surface area contributed by atoms with E-state index in [4.69, 9.17) is 0 Å². The summed E-state index contributed by atoms with van der Waals surface area (Å²) < 4.78 is 0. The Labute approximate surface area is 112 Å². The van der Waals surface area contributed by atoms with E-state index < -0.39 is 0 Å². The maximum absolute atomic E-state index is 12.4. The average molecular weight is 255 g/mol. The van der Waals surface area contributed by atoms with Gasteiger partial charge in [-0.3, -0.25) is 9.78 Å². The summed E-state index contributed by atoms with van der Waals surface area (Å²) in [7, 11) is 1.85. The van der Waals surface area contributed by atoms with Gasteiger partial charge in [0.1, 0.15) is 5.69 Å². The third kappa shape index (κ3) is 2.30. The summed E-state index contributed by atoms with van der Waals surface area (Å²) in [5.74, 6) is 0.611. The molecule has 1 amide bonds. The zero-order chi connectivity index (χ0) is 13.4. The Bertz CT molecular complexity index is 622. The molecular formula is C15H17N3O. The molecule has 0 N–H and O–H groups in total. The average Bonchev–Trinajstić information content (AvgIpc) is 3.29. The van der Waals surface area contributed by atoms with E-state index in [-0.39, 0.29) is 11.9 Å². The molecule has 0 saturated heterocycles. The Morgan fingerprint density at radius 3 is 2.68 bits per heavy atom. The number of carbonyl (C=O) groups is 1. The molecule has 4 heteroatoms. The van der Waals surface area contributed by atoms with Crippen molar-refractivity contribution >= 4 is 16.9 Å². The zero-order valence-corrected chi connectivity index (χ0v) is 11.2. The van der Waals surface area contributed by atoms with Crippen LogP contribution in [0.4, 0.5) is 0 Å². The highest BCUT2D eigenvalue weighted by molar-refractivity contribution is 5.93. The van der Waals surface area contributed by atoms with E-state index in [1.54, 1.807) is 11.1 Å². The van der Waals surface area contributed by atoms with E-state index in [2.05, 4.69) is 16.9 Å². The predicted octanol–water partition coefficient (Wildman–Crippen LogP) is 2.50. The maximum Gasteiger partial charge on any atom is 0.274 e. The molecule has 1 fully saturated rings. The van der Waals surface area contributed by atoms with Crippen molar-refractivity contribution in [1.29, 1.82) is 0 Å². The van der Waals surface area contributed by atoms with Crippen LogP contribution in [0.25, 0.3) is 11.0 Å². The first kappa shape index (κ1) is 12.1. The zero-order valence-electron chi connectivity index (χ0n) is 11.2. The largest absolute Gasteiger partial charge is 0.337 e. The lowest BCUT2D eigenvalue weighted by Crippen LogP contribution is -2.36. The molecule has 1 aliphatic carbocycles. The van der Waals surface area contributed by atoms with Crippen molar-refractivity contribution in [3.05, 3.63) is 36.2 Å². The molecule has 19 heavy (non-hydrogen) atoms. The van der Waals surface area contributed by atoms with E-state index in [0.29, 0.717) is 11.6 Å². The molecular weight excluding hydrogens is 238 g/mol. The lowest BCUT2D eigenvalue weighted by atomic mass is 10.2. The van der Waals surface area contributed by atoms with Crippen LogP contribution in [0.2, 0.25) is 0 Å². The van der Waals surface area contributed by atoms with Gasteiger partial charge in [0.15, 0.2) is 0 Å². The molecule has 1 aromatic carbocycles. The Morgan fingerprint density at radius 1 is 1.32 bits per heavy atom. The standard InChI is InChI=1S/C15H17N3O/c1-10(11-7-8-11)18(2)15(19)14-9-16-12-5-3-4-6-13(12)17-14/h3-6,9-11H,7-8H2,1-2H3. The van der Waals surface area contributed by atoms with Crippen molar-refractivity contribution in [2.45, 2.75) is 25.8 Å². The summed E-state index contributed by atoms with van der Waals surface area (Å²) in [6.07, 6.45) is 4.02. The maximum atomic E-state index is 12.4. The van der Waals surface area contributed by atoms with Crippen molar-refractivity contribution < 1.29 is 4.79 Å². The van der Waals surface area contributed by atoms with E-state index in [0.717, 1.165) is 11.0 Å². The summed E-state index contributed by atoms with van der Waals surface area (Å²) in [4.78, 5) is 22.9. The van der Waals surface area contributed by atoms with E-state index in [9.17, 15) is 4.79 Å². The Balaban J connectivity index is 1.88. The molecule has 4 nitrogen and oxygen atoms in total. The molecule has 0 radical (unpaired) electrons. The number of fused-ring (bicyclic) bond motifs is 1. The highest BCUT2D eigenvalue weighted by Gasteiger charge is 2.33. The van der Waals surface area contributed by atoms with Crippen LogP contribution in [0.15, 0.2) is 30.5 Å². The number of para-hydroxylation sites is 2. The first-order valence-electron chi connectivity index (χ1n) is 6.66. The third-order valence-electron chi connectivity index (χ3n) is 3.90. The topological polar surface area (TPSA) is 46.1 Å². The lowest BCUT2D eigenvalue weighted by molar-refractivity contribution is 0.0721. The number of rotatable bonds is 3. The van der Waals surface area contributed by atoms with Crippen LogP contribution in [0.3, 0.4) is 0 Å². The van der Waals surface area contributed by atoms with E-state index in [1.165, 1.54) is 12.8 Å². The van der Waals surface area contributed by atoms with Gasteiger partial charge in [0.2, 0.25) is 0 Å². The fourth-order valence-electron chi connectivity index (χ4n) is 2.32. The van der Waals surface area contributed by atoms with Crippen LogP contribution in [0, 0.1) is 5.92 Å². The highest BCUT2D eigenvalue weighted by Crippen LogP contribution is 2.34. The van der Waals surface area contributed by atoms with Crippen molar-refractivity contribution in [2.24, 2.45) is 5.92 Å². The van der Waals surface area contributed by atoms with E-state index in [1.807, 2.05) is 31.3 Å². The first-order chi connectivity index (χ1) is 9.16. The van der Waals surface area contributed by atoms with Crippen molar-refractivity contribution in [3.63, 3.8) is 0 Å². The second-order valence-corrected chi connectivity index (χ2v) is 5.24. The molecule has 3 rings (SSSR count). The van der Waals surface area contributed by atoms with Gasteiger partial charge in [-0.25, -0.2) is 4.98 Å². The van der Waals surface area contributed by atoms with Crippen LogP contribution < -0.4 is 0 Å². The predicted molar refractivity (Wildman–Crippen MR) is 73.8 cm³/mol. The Hall–Kier alpha value is -1.97. The molecule has 0 spiro atoms. The van der Waals surface area contributed by atoms with E-state index >= 15 is 0 Å². The molecule has 1 aliphatic rings. The molecule has 98 valence electrons. The number of carbonyl (C=O) groups excluding carboxylic acids is 1. The molecule has 1 atom stereocenters. The number of aromatic nitrogens is 2. The SMILES string of the molecule is CC(C1CC1)N(C)C(=O)c1cnc2ccccc2n1. The lowest BCUT2D eigenvalue weighted by Gasteiger charge is -2.24. The van der Waals surface area contributed by atoms with Crippen LogP contribution in [0.1, 0.15) is 30.3 Å². The van der Waals surface area contributed by atoms with Gasteiger partial charge in [-0.2, -0.15) is 0 Å². The van der Waals surface area contributed by atoms with Crippen LogP contribution in [0.5, 0.6) is 0 Å². The van der Waals surface area contributed by atoms with Gasteiger partial charge in [0.05, 0.1) is 17.2 Å². The molecule has 0 aliphatic heterocycles. The number of benzene rings is 1. The summed E-state index contributed by atoms with van der Waals surface area (Å²) in [5, 5.41) is 0. The number of hydrogen-bond acceptors (Lipinski definition) is 3. The summed E-state index contributed by atoms with van der Waals surface area (Å²) in [6.45, 7) is 2.10. The van der Waals surface area contributed by atoms with Crippen molar-refractivity contribution in [1.82, 2.24) is 14.9 Å². The molecule has 0 bridgehead atoms. The summed E-state index contributed by atoms with van der Waals surface area (Å²) in [5.41, 5.74) is 2.01. The molecule has 1 aromatic heterocycles. The smallest absolute Gasteiger partial charge is 0.274 e. The van der Waals surface area contributed by atoms with Gasteiger partial charge >= 0.3 is 0 Å².